The van der Waals surface area contributed by atoms with Gasteiger partial charge in [-0.2, -0.15) is 4.31 Å². The molecule has 8 heteroatoms. The first-order valence-electron chi connectivity index (χ1n) is 11.4. The van der Waals surface area contributed by atoms with E-state index in [1.807, 2.05) is 37.3 Å². The molecular formula is C25H32N2O5S. The molecule has 2 aromatic carbocycles. The summed E-state index contributed by atoms with van der Waals surface area (Å²) in [5.74, 6) is -1.13. The molecule has 1 amide bonds. The Balaban J connectivity index is 1.65. The average molecular weight is 473 g/mol. The average Bonchev–Trinajstić information content (AvgIpc) is 2.83. The molecule has 1 saturated heterocycles. The van der Waals surface area contributed by atoms with Crippen molar-refractivity contribution in [3.8, 4) is 0 Å². The first kappa shape index (κ1) is 24.9. The second-order valence-corrected chi connectivity index (χ2v) is 10.2. The molecule has 0 aromatic heterocycles. The normalized spacial score (nSPS) is 15.6. The fourth-order valence-corrected chi connectivity index (χ4v) is 5.76. The van der Waals surface area contributed by atoms with Gasteiger partial charge in [-0.15, -0.1) is 0 Å². The molecule has 0 aliphatic carbocycles. The Bertz CT molecular complexity index is 1060. The van der Waals surface area contributed by atoms with E-state index >= 15 is 0 Å². The van der Waals surface area contributed by atoms with E-state index in [2.05, 4.69) is 5.32 Å². The maximum Gasteiger partial charge on any atom is 0.338 e. The number of piperidine rings is 1. The number of sulfonamides is 1. The highest BCUT2D eigenvalue weighted by Crippen LogP contribution is 2.25. The van der Waals surface area contributed by atoms with Gasteiger partial charge in [-0.3, -0.25) is 4.79 Å². The quantitative estimate of drug-likeness (QED) is 0.557. The number of amides is 1. The maximum atomic E-state index is 13.1. The molecular weight excluding hydrogens is 440 g/mol. The van der Waals surface area contributed by atoms with Crippen LogP contribution in [0.15, 0.2) is 53.4 Å². The van der Waals surface area contributed by atoms with Crippen LogP contribution in [0.25, 0.3) is 0 Å². The summed E-state index contributed by atoms with van der Waals surface area (Å²) >= 11 is 0. The third-order valence-corrected chi connectivity index (χ3v) is 7.85. The topological polar surface area (TPSA) is 92.8 Å². The number of carbonyl (C=O) groups is 2. The van der Waals surface area contributed by atoms with Gasteiger partial charge in [-0.05, 0) is 49.4 Å². The Morgan fingerprint density at radius 3 is 2.42 bits per heavy atom. The largest absolute Gasteiger partial charge is 0.452 e. The summed E-state index contributed by atoms with van der Waals surface area (Å²) in [5.41, 5.74) is 1.67. The lowest BCUT2D eigenvalue weighted by molar-refractivity contribution is -0.125. The van der Waals surface area contributed by atoms with E-state index in [0.717, 1.165) is 37.7 Å². The van der Waals surface area contributed by atoms with Crippen molar-refractivity contribution < 1.29 is 22.7 Å². The number of hydrogen-bond donors (Lipinski definition) is 1. The predicted molar refractivity (Wildman–Crippen MR) is 126 cm³/mol. The fourth-order valence-electron chi connectivity index (χ4n) is 4.00. The van der Waals surface area contributed by atoms with Crippen LogP contribution in [0, 0.1) is 6.92 Å². The van der Waals surface area contributed by atoms with Crippen molar-refractivity contribution in [2.24, 2.45) is 0 Å². The summed E-state index contributed by atoms with van der Waals surface area (Å²) in [4.78, 5) is 25.1. The minimum atomic E-state index is -3.69. The molecule has 0 bridgehead atoms. The van der Waals surface area contributed by atoms with Gasteiger partial charge in [0, 0.05) is 13.1 Å². The van der Waals surface area contributed by atoms with Gasteiger partial charge in [0.2, 0.25) is 10.0 Å². The first-order chi connectivity index (χ1) is 15.8. The highest BCUT2D eigenvalue weighted by atomic mass is 32.2. The zero-order chi connectivity index (χ0) is 23.8. The molecule has 1 fully saturated rings. The van der Waals surface area contributed by atoms with Crippen LogP contribution >= 0.6 is 0 Å². The van der Waals surface area contributed by atoms with Crippen molar-refractivity contribution in [2.45, 2.75) is 56.9 Å². The lowest BCUT2D eigenvalue weighted by Gasteiger charge is -2.26. The van der Waals surface area contributed by atoms with Gasteiger partial charge in [0.25, 0.3) is 5.91 Å². The van der Waals surface area contributed by atoms with E-state index in [-0.39, 0.29) is 16.5 Å². The molecule has 7 nitrogen and oxygen atoms in total. The summed E-state index contributed by atoms with van der Waals surface area (Å²) in [6.07, 6.45) is 4.33. The van der Waals surface area contributed by atoms with Crippen molar-refractivity contribution in [3.63, 3.8) is 0 Å². The van der Waals surface area contributed by atoms with Gasteiger partial charge in [0.05, 0.1) is 16.5 Å². The van der Waals surface area contributed by atoms with E-state index in [4.69, 9.17) is 4.74 Å². The van der Waals surface area contributed by atoms with E-state index in [1.54, 1.807) is 13.0 Å². The Kier molecular flexibility index (Phi) is 8.63. The van der Waals surface area contributed by atoms with Crippen LogP contribution in [0.3, 0.4) is 0 Å². The van der Waals surface area contributed by atoms with Crippen molar-refractivity contribution in [1.29, 1.82) is 0 Å². The molecule has 0 spiro atoms. The number of aryl methyl sites for hydroxylation is 1. The van der Waals surface area contributed by atoms with E-state index < -0.39 is 28.5 Å². The van der Waals surface area contributed by atoms with Crippen LogP contribution in [0.2, 0.25) is 0 Å². The van der Waals surface area contributed by atoms with E-state index in [1.165, 1.54) is 16.4 Å². The summed E-state index contributed by atoms with van der Waals surface area (Å²) in [7, 11) is -3.69. The zero-order valence-corrected chi connectivity index (χ0v) is 20.1. The molecule has 1 N–H and O–H groups in total. The number of carbonyl (C=O) groups excluding carboxylic acids is 2. The van der Waals surface area contributed by atoms with Gasteiger partial charge < -0.3 is 10.1 Å². The summed E-state index contributed by atoms with van der Waals surface area (Å²) < 4.78 is 32.8. The number of rotatable bonds is 9. The molecule has 3 rings (SSSR count). The molecule has 0 saturated carbocycles. The van der Waals surface area contributed by atoms with Crippen molar-refractivity contribution in [3.05, 3.63) is 65.2 Å². The number of ether oxygens (including phenoxy) is 1. The number of benzene rings is 2. The Morgan fingerprint density at radius 1 is 1.06 bits per heavy atom. The predicted octanol–water partition coefficient (Wildman–Crippen LogP) is 3.98. The van der Waals surface area contributed by atoms with E-state index in [0.29, 0.717) is 18.7 Å². The number of nitrogens with zero attached hydrogens (tertiary/aromatic N) is 1. The first-order valence-corrected chi connectivity index (χ1v) is 12.9. The lowest BCUT2D eigenvalue weighted by atomic mass is 10.0. The van der Waals surface area contributed by atoms with Crippen LogP contribution in [-0.2, 0) is 19.6 Å². The maximum absolute atomic E-state index is 13.1. The fraction of sp³-hybridized carbons (Fsp3) is 0.440. The van der Waals surface area contributed by atoms with Crippen LogP contribution < -0.4 is 5.32 Å². The lowest BCUT2D eigenvalue weighted by Crippen LogP contribution is -2.36. The summed E-state index contributed by atoms with van der Waals surface area (Å²) in [6.45, 7) is 4.27. The zero-order valence-electron chi connectivity index (χ0n) is 19.2. The van der Waals surface area contributed by atoms with Crippen molar-refractivity contribution in [1.82, 2.24) is 9.62 Å². The molecule has 2 aromatic rings. The molecule has 1 heterocycles. The second kappa shape index (κ2) is 11.4. The van der Waals surface area contributed by atoms with Crippen LogP contribution in [0.4, 0.5) is 0 Å². The monoisotopic (exact) mass is 472 g/mol. The Morgan fingerprint density at radius 2 is 1.76 bits per heavy atom. The van der Waals surface area contributed by atoms with Crippen molar-refractivity contribution in [2.75, 3.05) is 19.7 Å². The molecule has 1 aliphatic rings. The van der Waals surface area contributed by atoms with Crippen LogP contribution in [-0.4, -0.2) is 44.3 Å². The Labute approximate surface area is 196 Å². The van der Waals surface area contributed by atoms with Crippen LogP contribution in [0.5, 0.6) is 0 Å². The smallest absolute Gasteiger partial charge is 0.338 e. The SMILES string of the molecule is CCCC(NC(=O)COC(=O)c1ccc(C)c(S(=O)(=O)N2CCCCC2)c1)c1ccccc1. The summed E-state index contributed by atoms with van der Waals surface area (Å²) in [6, 6.07) is 13.9. The molecule has 33 heavy (non-hydrogen) atoms. The minimum absolute atomic E-state index is 0.107. The molecule has 1 unspecified atom stereocenters. The second-order valence-electron chi connectivity index (χ2n) is 8.34. The Hall–Kier alpha value is -2.71. The van der Waals surface area contributed by atoms with Crippen LogP contribution in [0.1, 0.15) is 66.6 Å². The molecule has 0 radical (unpaired) electrons. The van der Waals surface area contributed by atoms with Gasteiger partial charge in [0.15, 0.2) is 6.61 Å². The van der Waals surface area contributed by atoms with Gasteiger partial charge in [0.1, 0.15) is 0 Å². The highest BCUT2D eigenvalue weighted by molar-refractivity contribution is 7.89. The van der Waals surface area contributed by atoms with Gasteiger partial charge in [-0.1, -0.05) is 56.2 Å². The number of esters is 1. The van der Waals surface area contributed by atoms with E-state index in [9.17, 15) is 18.0 Å². The summed E-state index contributed by atoms with van der Waals surface area (Å²) in [5, 5.41) is 2.91. The third kappa shape index (κ3) is 6.42. The van der Waals surface area contributed by atoms with Gasteiger partial charge in [-0.25, -0.2) is 13.2 Å². The highest BCUT2D eigenvalue weighted by Gasteiger charge is 2.28. The molecule has 1 atom stereocenters. The standard InChI is InChI=1S/C25H32N2O5S/c1-3-10-22(20-11-6-4-7-12-20)26-24(28)18-32-25(29)21-14-13-19(2)23(17-21)33(30,31)27-15-8-5-9-16-27/h4,6-7,11-14,17,22H,3,5,8-10,15-16,18H2,1-2H3,(H,26,28). The number of hydrogen-bond acceptors (Lipinski definition) is 5. The molecule has 1 aliphatic heterocycles. The van der Waals surface area contributed by atoms with Gasteiger partial charge >= 0.3 is 5.97 Å². The minimum Gasteiger partial charge on any atom is -0.452 e. The number of nitrogens with one attached hydrogen (secondary N) is 1. The third-order valence-electron chi connectivity index (χ3n) is 5.81. The van der Waals surface area contributed by atoms with Crippen molar-refractivity contribution >= 4 is 21.9 Å². The molecule has 178 valence electrons.